The van der Waals surface area contributed by atoms with Crippen molar-refractivity contribution in [1.82, 2.24) is 10.3 Å². The SMILES string of the molecule is N#Cc1cnc(NCCC2CCNCC2)c([N+](=O)[O-])c1. The van der Waals surface area contributed by atoms with Crippen LogP contribution in [0.3, 0.4) is 0 Å². The summed E-state index contributed by atoms with van der Waals surface area (Å²) in [4.78, 5) is 14.4. The maximum Gasteiger partial charge on any atom is 0.312 e. The number of hydrogen-bond acceptors (Lipinski definition) is 6. The molecule has 7 nitrogen and oxygen atoms in total. The zero-order valence-electron chi connectivity index (χ0n) is 11.1. The topological polar surface area (TPSA) is 104 Å². The molecular formula is C13H17N5O2. The Kier molecular flexibility index (Phi) is 4.85. The lowest BCUT2D eigenvalue weighted by Crippen LogP contribution is -2.28. The molecule has 0 amide bonds. The van der Waals surface area contributed by atoms with Gasteiger partial charge in [0.25, 0.3) is 0 Å². The molecule has 2 heterocycles. The molecule has 2 rings (SSSR count). The van der Waals surface area contributed by atoms with E-state index in [0.29, 0.717) is 12.5 Å². The summed E-state index contributed by atoms with van der Waals surface area (Å²) < 4.78 is 0. The van der Waals surface area contributed by atoms with Crippen LogP contribution in [0, 0.1) is 27.4 Å². The molecule has 20 heavy (non-hydrogen) atoms. The molecule has 1 aromatic rings. The number of aromatic nitrogens is 1. The van der Waals surface area contributed by atoms with E-state index >= 15 is 0 Å². The van der Waals surface area contributed by atoms with Crippen LogP contribution < -0.4 is 10.6 Å². The highest BCUT2D eigenvalue weighted by molar-refractivity contribution is 5.58. The molecule has 2 N–H and O–H groups in total. The summed E-state index contributed by atoms with van der Waals surface area (Å²) >= 11 is 0. The highest BCUT2D eigenvalue weighted by atomic mass is 16.6. The fourth-order valence-corrected chi connectivity index (χ4v) is 2.35. The van der Waals surface area contributed by atoms with Gasteiger partial charge in [0.15, 0.2) is 0 Å². The van der Waals surface area contributed by atoms with Crippen molar-refractivity contribution in [2.45, 2.75) is 19.3 Å². The number of nitrogens with one attached hydrogen (secondary N) is 2. The maximum atomic E-state index is 11.0. The first-order valence-corrected chi connectivity index (χ1v) is 6.70. The number of pyridine rings is 1. The fourth-order valence-electron chi connectivity index (χ4n) is 2.35. The molecule has 0 radical (unpaired) electrons. The van der Waals surface area contributed by atoms with Crippen LogP contribution in [0.1, 0.15) is 24.8 Å². The van der Waals surface area contributed by atoms with Crippen LogP contribution in [0.2, 0.25) is 0 Å². The Balaban J connectivity index is 1.94. The molecule has 1 fully saturated rings. The van der Waals surface area contributed by atoms with Crippen LogP contribution in [-0.2, 0) is 0 Å². The zero-order chi connectivity index (χ0) is 14.4. The molecule has 1 aliphatic rings. The smallest absolute Gasteiger partial charge is 0.312 e. The Labute approximate surface area is 117 Å². The van der Waals surface area contributed by atoms with Gasteiger partial charge in [-0.05, 0) is 38.3 Å². The Morgan fingerprint density at radius 2 is 2.30 bits per heavy atom. The highest BCUT2D eigenvalue weighted by Gasteiger charge is 2.17. The van der Waals surface area contributed by atoms with Crippen molar-refractivity contribution < 1.29 is 4.92 Å². The van der Waals surface area contributed by atoms with Crippen molar-refractivity contribution in [3.05, 3.63) is 27.9 Å². The number of nitrogens with zero attached hydrogens (tertiary/aromatic N) is 3. The lowest BCUT2D eigenvalue weighted by Gasteiger charge is -2.22. The first-order chi connectivity index (χ1) is 9.70. The average Bonchev–Trinajstić information content (AvgIpc) is 2.48. The van der Waals surface area contributed by atoms with Crippen molar-refractivity contribution in [3.8, 4) is 6.07 Å². The van der Waals surface area contributed by atoms with Gasteiger partial charge in [0, 0.05) is 18.8 Å². The van der Waals surface area contributed by atoms with E-state index in [-0.39, 0.29) is 17.1 Å². The van der Waals surface area contributed by atoms with Crippen molar-refractivity contribution >= 4 is 11.5 Å². The van der Waals surface area contributed by atoms with Gasteiger partial charge in [-0.25, -0.2) is 4.98 Å². The molecule has 1 aromatic heterocycles. The summed E-state index contributed by atoms with van der Waals surface area (Å²) in [6.07, 6.45) is 4.61. The highest BCUT2D eigenvalue weighted by Crippen LogP contribution is 2.23. The third-order valence-electron chi connectivity index (χ3n) is 3.50. The molecule has 1 aliphatic heterocycles. The van der Waals surface area contributed by atoms with Crippen molar-refractivity contribution in [2.24, 2.45) is 5.92 Å². The predicted octanol–water partition coefficient (Wildman–Crippen LogP) is 1.66. The van der Waals surface area contributed by atoms with E-state index in [0.717, 1.165) is 32.4 Å². The summed E-state index contributed by atoms with van der Waals surface area (Å²) in [5, 5.41) is 26.0. The van der Waals surface area contributed by atoms with Gasteiger partial charge in [-0.3, -0.25) is 10.1 Å². The van der Waals surface area contributed by atoms with Gasteiger partial charge in [0.2, 0.25) is 5.82 Å². The molecule has 0 atom stereocenters. The molecule has 1 saturated heterocycles. The second kappa shape index (κ2) is 6.82. The van der Waals surface area contributed by atoms with E-state index in [1.54, 1.807) is 0 Å². The predicted molar refractivity (Wildman–Crippen MR) is 74.3 cm³/mol. The molecule has 0 unspecified atom stereocenters. The maximum absolute atomic E-state index is 11.0. The third-order valence-corrected chi connectivity index (χ3v) is 3.50. The minimum Gasteiger partial charge on any atom is -0.364 e. The molecule has 0 saturated carbocycles. The average molecular weight is 275 g/mol. The van der Waals surface area contributed by atoms with Gasteiger partial charge in [-0.1, -0.05) is 0 Å². The van der Waals surface area contributed by atoms with Crippen LogP contribution in [0.25, 0.3) is 0 Å². The monoisotopic (exact) mass is 275 g/mol. The van der Waals surface area contributed by atoms with E-state index in [9.17, 15) is 10.1 Å². The fraction of sp³-hybridized carbons (Fsp3) is 0.538. The van der Waals surface area contributed by atoms with Gasteiger partial charge in [-0.15, -0.1) is 0 Å². The zero-order valence-corrected chi connectivity index (χ0v) is 11.1. The first-order valence-electron chi connectivity index (χ1n) is 6.70. The van der Waals surface area contributed by atoms with Gasteiger partial charge in [-0.2, -0.15) is 5.26 Å². The summed E-state index contributed by atoms with van der Waals surface area (Å²) in [6.45, 7) is 2.74. The Hall–Kier alpha value is -2.20. The largest absolute Gasteiger partial charge is 0.364 e. The number of hydrogen-bond donors (Lipinski definition) is 2. The summed E-state index contributed by atoms with van der Waals surface area (Å²) in [5.74, 6) is 0.893. The lowest BCUT2D eigenvalue weighted by molar-refractivity contribution is -0.384. The molecule has 0 aliphatic carbocycles. The van der Waals surface area contributed by atoms with Crippen molar-refractivity contribution in [1.29, 1.82) is 5.26 Å². The first kappa shape index (κ1) is 14.2. The minimum absolute atomic E-state index is 0.144. The van der Waals surface area contributed by atoms with Crippen LogP contribution in [0.5, 0.6) is 0 Å². The van der Waals surface area contributed by atoms with Crippen molar-refractivity contribution in [2.75, 3.05) is 25.0 Å². The summed E-state index contributed by atoms with van der Waals surface area (Å²) in [5.41, 5.74) is 0.0509. The lowest BCUT2D eigenvalue weighted by atomic mass is 9.95. The van der Waals surface area contributed by atoms with Crippen LogP contribution in [-0.4, -0.2) is 29.5 Å². The van der Waals surface area contributed by atoms with Gasteiger partial charge in [0.05, 0.1) is 10.5 Å². The normalized spacial score (nSPS) is 15.6. The number of rotatable bonds is 5. The number of nitro groups is 1. The standard InChI is InChI=1S/C13H17N5O2/c14-8-11-7-12(18(19)20)13(17-9-11)16-6-3-10-1-4-15-5-2-10/h7,9-10,15H,1-6H2,(H,16,17). The molecule has 0 spiro atoms. The molecule has 0 bridgehead atoms. The van der Waals surface area contributed by atoms with E-state index in [2.05, 4.69) is 15.6 Å². The number of anilines is 1. The minimum atomic E-state index is -0.513. The molecule has 106 valence electrons. The molecule has 0 aromatic carbocycles. The summed E-state index contributed by atoms with van der Waals surface area (Å²) in [6, 6.07) is 3.11. The van der Waals surface area contributed by atoms with Crippen molar-refractivity contribution in [3.63, 3.8) is 0 Å². The summed E-state index contributed by atoms with van der Waals surface area (Å²) in [7, 11) is 0. The van der Waals surface area contributed by atoms with Gasteiger partial charge in [0.1, 0.15) is 6.07 Å². The Morgan fingerprint density at radius 3 is 2.95 bits per heavy atom. The Bertz CT molecular complexity index is 520. The van der Waals surface area contributed by atoms with Crippen LogP contribution in [0.4, 0.5) is 11.5 Å². The molecular weight excluding hydrogens is 258 g/mol. The van der Waals surface area contributed by atoms with Crippen LogP contribution >= 0.6 is 0 Å². The number of piperidine rings is 1. The van der Waals surface area contributed by atoms with Crippen LogP contribution in [0.15, 0.2) is 12.3 Å². The van der Waals surface area contributed by atoms with Gasteiger partial charge >= 0.3 is 5.69 Å². The third kappa shape index (κ3) is 3.65. The van der Waals surface area contributed by atoms with E-state index in [1.165, 1.54) is 12.3 Å². The van der Waals surface area contributed by atoms with E-state index in [4.69, 9.17) is 5.26 Å². The molecule has 7 heteroatoms. The second-order valence-corrected chi connectivity index (χ2v) is 4.87. The van der Waals surface area contributed by atoms with E-state index in [1.807, 2.05) is 6.07 Å². The van der Waals surface area contributed by atoms with E-state index < -0.39 is 4.92 Å². The Morgan fingerprint density at radius 1 is 1.55 bits per heavy atom. The second-order valence-electron chi connectivity index (χ2n) is 4.87. The number of nitriles is 1. The van der Waals surface area contributed by atoms with Gasteiger partial charge < -0.3 is 10.6 Å². The quantitative estimate of drug-likeness (QED) is 0.625.